The van der Waals surface area contributed by atoms with Crippen LogP contribution in [0.2, 0.25) is 0 Å². The highest BCUT2D eigenvalue weighted by molar-refractivity contribution is 7.86. The van der Waals surface area contributed by atoms with E-state index in [-0.39, 0.29) is 12.5 Å². The van der Waals surface area contributed by atoms with E-state index >= 15 is 0 Å². The Hall–Kier alpha value is -2.38. The molecule has 1 aliphatic rings. The highest BCUT2D eigenvalue weighted by atomic mass is 32.2. The zero-order valence-corrected chi connectivity index (χ0v) is 15.7. The summed E-state index contributed by atoms with van der Waals surface area (Å²) in [7, 11) is -1.37. The van der Waals surface area contributed by atoms with Gasteiger partial charge in [-0.1, -0.05) is 0 Å². The van der Waals surface area contributed by atoms with Gasteiger partial charge >= 0.3 is 0 Å². The number of aliphatic hydroxyl groups is 1. The van der Waals surface area contributed by atoms with Crippen molar-refractivity contribution < 1.29 is 14.1 Å². The fourth-order valence-electron chi connectivity index (χ4n) is 2.67. The minimum Gasteiger partial charge on any atom is -0.394 e. The summed E-state index contributed by atoms with van der Waals surface area (Å²) < 4.78 is 15.5. The number of carbonyl (C=O) groups excluding carboxylic acids is 1. The Morgan fingerprint density at radius 2 is 1.96 bits per heavy atom. The van der Waals surface area contributed by atoms with E-state index in [4.69, 9.17) is 0 Å². The summed E-state index contributed by atoms with van der Waals surface area (Å²) in [6.07, 6.45) is 0.939. The molecular formula is C19H23N3O3S. The molecule has 1 heterocycles. The average molecular weight is 373 g/mol. The zero-order valence-electron chi connectivity index (χ0n) is 14.8. The van der Waals surface area contributed by atoms with Gasteiger partial charge in [-0.2, -0.15) is 0 Å². The highest BCUT2D eigenvalue weighted by Gasteiger charge is 2.20. The van der Waals surface area contributed by atoms with Gasteiger partial charge in [0.15, 0.2) is 0 Å². The first kappa shape index (κ1) is 18.4. The molecule has 6 nitrogen and oxygen atoms in total. The number of benzene rings is 2. The van der Waals surface area contributed by atoms with Crippen LogP contribution in [0.4, 0.5) is 11.4 Å². The number of carbonyl (C=O) groups is 1. The number of anilines is 2. The molecule has 2 aromatic carbocycles. The van der Waals surface area contributed by atoms with Gasteiger partial charge in [0.2, 0.25) is 0 Å². The molecule has 0 aliphatic carbocycles. The van der Waals surface area contributed by atoms with Crippen LogP contribution in [0.5, 0.6) is 0 Å². The fraction of sp³-hybridized carbons (Fsp3) is 0.316. The van der Waals surface area contributed by atoms with E-state index in [1.807, 2.05) is 18.2 Å². The average Bonchev–Trinajstić information content (AvgIpc) is 3.09. The normalized spacial score (nSPS) is 14.3. The van der Waals surface area contributed by atoms with Gasteiger partial charge in [0.25, 0.3) is 5.91 Å². The monoisotopic (exact) mass is 373 g/mol. The van der Waals surface area contributed by atoms with Crippen molar-refractivity contribution in [1.29, 1.82) is 0 Å². The lowest BCUT2D eigenvalue weighted by molar-refractivity contribution is 0.0869. The molecule has 0 spiro atoms. The number of hydrogen-bond donors (Lipinski definition) is 4. The van der Waals surface area contributed by atoms with E-state index in [0.717, 1.165) is 23.5 Å². The fourth-order valence-corrected chi connectivity index (χ4v) is 3.58. The highest BCUT2D eigenvalue weighted by Crippen LogP contribution is 2.25. The van der Waals surface area contributed by atoms with Gasteiger partial charge in [-0.3, -0.25) is 4.79 Å². The molecule has 0 bridgehead atoms. The second-order valence-electron chi connectivity index (χ2n) is 6.94. The van der Waals surface area contributed by atoms with Crippen molar-refractivity contribution in [2.24, 2.45) is 0 Å². The summed E-state index contributed by atoms with van der Waals surface area (Å²) in [5.41, 5.74) is 2.74. The first-order valence-corrected chi connectivity index (χ1v) is 9.62. The molecule has 4 N–H and O–H groups in total. The lowest BCUT2D eigenvalue weighted by Crippen LogP contribution is -2.46. The molecule has 7 heteroatoms. The number of rotatable bonds is 6. The maximum absolute atomic E-state index is 12.5. The molecule has 0 radical (unpaired) electrons. The predicted octanol–water partition coefficient (Wildman–Crippen LogP) is 2.29. The number of fused-ring (bicyclic) bond motifs is 1. The van der Waals surface area contributed by atoms with Crippen LogP contribution in [0.15, 0.2) is 47.4 Å². The van der Waals surface area contributed by atoms with Crippen molar-refractivity contribution in [3.05, 3.63) is 53.6 Å². The SMILES string of the molecule is CC(C)(CO)NC(=O)c1ccc(NS(=O)c2ccc3c(c2)CCN3)cc1. The maximum Gasteiger partial charge on any atom is 0.251 e. The summed E-state index contributed by atoms with van der Waals surface area (Å²) in [5, 5.41) is 15.3. The third-order valence-corrected chi connectivity index (χ3v) is 5.31. The van der Waals surface area contributed by atoms with Crippen LogP contribution in [-0.2, 0) is 17.4 Å². The number of hydrogen-bond acceptors (Lipinski definition) is 4. The summed E-state index contributed by atoms with van der Waals surface area (Å²) in [5.74, 6) is -0.261. The first-order chi connectivity index (χ1) is 12.4. The predicted molar refractivity (Wildman–Crippen MR) is 104 cm³/mol. The van der Waals surface area contributed by atoms with E-state index in [1.165, 1.54) is 5.56 Å². The van der Waals surface area contributed by atoms with Gasteiger partial charge in [0, 0.05) is 23.5 Å². The second-order valence-corrected chi connectivity index (χ2v) is 8.15. The van der Waals surface area contributed by atoms with E-state index < -0.39 is 16.5 Å². The van der Waals surface area contributed by atoms with Gasteiger partial charge < -0.3 is 20.5 Å². The molecular weight excluding hydrogens is 350 g/mol. The van der Waals surface area contributed by atoms with Gasteiger partial charge in [-0.05, 0) is 68.3 Å². The van der Waals surface area contributed by atoms with Crippen LogP contribution >= 0.6 is 0 Å². The zero-order chi connectivity index (χ0) is 18.7. The molecule has 3 rings (SSSR count). The summed E-state index contributed by atoms with van der Waals surface area (Å²) in [4.78, 5) is 12.9. The van der Waals surface area contributed by atoms with Crippen LogP contribution in [0.1, 0.15) is 29.8 Å². The Morgan fingerprint density at radius 1 is 1.23 bits per heavy atom. The van der Waals surface area contributed by atoms with Gasteiger partial charge in [-0.15, -0.1) is 0 Å². The van der Waals surface area contributed by atoms with Crippen molar-refractivity contribution >= 4 is 28.3 Å². The van der Waals surface area contributed by atoms with E-state index in [2.05, 4.69) is 15.4 Å². The Morgan fingerprint density at radius 3 is 2.65 bits per heavy atom. The quantitative estimate of drug-likeness (QED) is 0.625. The standard InChI is InChI=1S/C19H23N3O3S/c1-19(2,12-23)21-18(24)13-3-5-15(6-4-13)22-26(25)16-7-8-17-14(11-16)9-10-20-17/h3-8,11,20,22-23H,9-10,12H2,1-2H3,(H,21,24). The van der Waals surface area contributed by atoms with E-state index in [9.17, 15) is 14.1 Å². The molecule has 0 fully saturated rings. The van der Waals surface area contributed by atoms with Crippen LogP contribution in [0.3, 0.4) is 0 Å². The molecule has 2 aromatic rings. The summed E-state index contributed by atoms with van der Waals surface area (Å²) in [6.45, 7) is 4.26. The van der Waals surface area contributed by atoms with Crippen LogP contribution in [0.25, 0.3) is 0 Å². The lowest BCUT2D eigenvalue weighted by atomic mass is 10.1. The molecule has 26 heavy (non-hydrogen) atoms. The van der Waals surface area contributed by atoms with Crippen molar-refractivity contribution in [3.63, 3.8) is 0 Å². The van der Waals surface area contributed by atoms with Crippen LogP contribution in [0, 0.1) is 0 Å². The third kappa shape index (κ3) is 4.23. The van der Waals surface area contributed by atoms with Gasteiger partial charge in [0.05, 0.1) is 17.0 Å². The molecule has 138 valence electrons. The smallest absolute Gasteiger partial charge is 0.251 e. The molecule has 0 aromatic heterocycles. The Kier molecular flexibility index (Phi) is 5.29. The largest absolute Gasteiger partial charge is 0.394 e. The van der Waals surface area contributed by atoms with Crippen molar-refractivity contribution in [3.8, 4) is 0 Å². The van der Waals surface area contributed by atoms with Crippen molar-refractivity contribution in [2.75, 3.05) is 23.2 Å². The number of aliphatic hydroxyl groups excluding tert-OH is 1. The summed E-state index contributed by atoms with van der Waals surface area (Å²) in [6, 6.07) is 12.5. The van der Waals surface area contributed by atoms with Crippen molar-refractivity contribution in [2.45, 2.75) is 30.7 Å². The Balaban J connectivity index is 1.65. The Labute approximate surface area is 155 Å². The van der Waals surface area contributed by atoms with E-state index in [1.54, 1.807) is 38.1 Å². The topological polar surface area (TPSA) is 90.5 Å². The number of amides is 1. The lowest BCUT2D eigenvalue weighted by Gasteiger charge is -2.23. The van der Waals surface area contributed by atoms with E-state index in [0.29, 0.717) is 11.3 Å². The van der Waals surface area contributed by atoms with Crippen LogP contribution in [-0.4, -0.2) is 33.9 Å². The third-order valence-electron chi connectivity index (χ3n) is 4.21. The molecule has 1 aliphatic heterocycles. The molecule has 1 amide bonds. The minimum atomic E-state index is -1.37. The molecule has 0 saturated heterocycles. The molecule has 1 atom stereocenters. The molecule has 1 unspecified atom stereocenters. The van der Waals surface area contributed by atoms with Crippen LogP contribution < -0.4 is 15.4 Å². The summed E-state index contributed by atoms with van der Waals surface area (Å²) >= 11 is 0. The second kappa shape index (κ2) is 7.47. The Bertz CT molecular complexity index is 834. The minimum absolute atomic E-state index is 0.145. The van der Waals surface area contributed by atoms with Crippen molar-refractivity contribution in [1.82, 2.24) is 5.32 Å². The van der Waals surface area contributed by atoms with Gasteiger partial charge in [-0.25, -0.2) is 4.21 Å². The first-order valence-electron chi connectivity index (χ1n) is 8.47. The van der Waals surface area contributed by atoms with Gasteiger partial charge in [0.1, 0.15) is 11.0 Å². The number of nitrogens with one attached hydrogen (secondary N) is 3. The molecule has 0 saturated carbocycles. The maximum atomic E-state index is 12.5.